The first kappa shape index (κ1) is 26.2. The van der Waals surface area contributed by atoms with Crippen LogP contribution in [0.15, 0.2) is 48.9 Å². The Hall–Kier alpha value is -3.69. The topological polar surface area (TPSA) is 92.1 Å². The molecule has 3 saturated heterocycles. The fourth-order valence-corrected chi connectivity index (χ4v) is 6.74. The second-order valence-electron chi connectivity index (χ2n) is 12.1. The van der Waals surface area contributed by atoms with Crippen LogP contribution in [0.5, 0.6) is 0 Å². The Morgan fingerprint density at radius 3 is 2.66 bits per heavy atom. The Bertz CT molecular complexity index is 1560. The first-order valence-electron chi connectivity index (χ1n) is 15.0. The van der Waals surface area contributed by atoms with Crippen molar-refractivity contribution in [2.75, 3.05) is 44.2 Å². The molecule has 1 N–H and O–H groups in total. The highest BCUT2D eigenvalue weighted by Gasteiger charge is 2.43. The Morgan fingerprint density at radius 1 is 1.00 bits per heavy atom. The van der Waals surface area contributed by atoms with Crippen LogP contribution in [0.25, 0.3) is 22.0 Å². The number of hydrogen-bond donors (Lipinski definition) is 1. The maximum absolute atomic E-state index is 13.3. The van der Waals surface area contributed by atoms with Gasteiger partial charge in [0.15, 0.2) is 5.78 Å². The van der Waals surface area contributed by atoms with Crippen molar-refractivity contribution in [1.29, 1.82) is 0 Å². The number of fused-ring (bicyclic) bond motifs is 1. The van der Waals surface area contributed by atoms with E-state index >= 15 is 0 Å². The van der Waals surface area contributed by atoms with E-state index in [0.717, 1.165) is 73.7 Å². The number of pyridine rings is 1. The third kappa shape index (κ3) is 5.36. The first-order chi connectivity index (χ1) is 20.1. The lowest BCUT2D eigenvalue weighted by atomic mass is 9.72. The van der Waals surface area contributed by atoms with Crippen LogP contribution in [-0.2, 0) is 20.0 Å². The predicted octanol–water partition coefficient (Wildman–Crippen LogP) is 4.03. The Balaban J connectivity index is 1.07. The van der Waals surface area contributed by atoms with Gasteiger partial charge >= 0.3 is 0 Å². The van der Waals surface area contributed by atoms with Gasteiger partial charge in [0, 0.05) is 61.0 Å². The van der Waals surface area contributed by atoms with Crippen LogP contribution in [0.2, 0.25) is 0 Å². The summed E-state index contributed by atoms with van der Waals surface area (Å²) in [6, 6.07) is 10.0. The molecule has 3 aliphatic rings. The van der Waals surface area contributed by atoms with E-state index in [0.29, 0.717) is 16.8 Å². The zero-order valence-electron chi connectivity index (χ0n) is 23.8. The minimum absolute atomic E-state index is 0.0114. The second kappa shape index (κ2) is 10.9. The average Bonchev–Trinajstić information content (AvgIpc) is 3.36. The van der Waals surface area contributed by atoms with Gasteiger partial charge in [-0.2, -0.15) is 5.10 Å². The van der Waals surface area contributed by atoms with Gasteiger partial charge in [-0.05, 0) is 75.6 Å². The second-order valence-corrected chi connectivity index (χ2v) is 12.1. The summed E-state index contributed by atoms with van der Waals surface area (Å²) in [4.78, 5) is 32.0. The molecule has 3 fully saturated rings. The van der Waals surface area contributed by atoms with E-state index in [1.165, 1.54) is 37.8 Å². The van der Waals surface area contributed by atoms with Gasteiger partial charge in [-0.15, -0.1) is 0 Å². The molecule has 0 atom stereocenters. The smallest absolute Gasteiger partial charge is 0.170 e. The average molecular weight is 551 g/mol. The molecular weight excluding hydrogens is 512 g/mol. The quantitative estimate of drug-likeness (QED) is 0.345. The molecule has 9 nitrogen and oxygen atoms in total. The van der Waals surface area contributed by atoms with Crippen LogP contribution in [0.3, 0.4) is 0 Å². The summed E-state index contributed by atoms with van der Waals surface area (Å²) in [6.07, 6.45) is 12.0. The predicted molar refractivity (Wildman–Crippen MR) is 160 cm³/mol. The maximum atomic E-state index is 13.3. The Labute approximate surface area is 241 Å². The van der Waals surface area contributed by atoms with Crippen LogP contribution < -0.4 is 10.2 Å². The van der Waals surface area contributed by atoms with Crippen molar-refractivity contribution in [3.63, 3.8) is 0 Å². The molecule has 0 radical (unpaired) electrons. The van der Waals surface area contributed by atoms with Gasteiger partial charge in [0.05, 0.1) is 23.8 Å². The standard InChI is InChI=1S/C32H38N8O/c1-38-28(20-39-13-3-2-4-14-39)26(19-36-38)23-5-6-25-18-35-30(37-27(25)15-23)17-29(41)24-7-10-34-31(16-24)40-21-32(22-40)8-11-33-12-9-32/h5-7,10,15-16,18-19,33H,2-4,8-9,11-14,17,20-22H2,1H3. The van der Waals surface area contributed by atoms with E-state index in [4.69, 9.17) is 4.98 Å². The lowest BCUT2D eigenvalue weighted by molar-refractivity contribution is 0.0990. The van der Waals surface area contributed by atoms with E-state index in [1.54, 1.807) is 12.3 Å². The van der Waals surface area contributed by atoms with Crippen molar-refractivity contribution in [3.05, 3.63) is 66.0 Å². The molecule has 3 aromatic heterocycles. The molecule has 7 rings (SSSR count). The van der Waals surface area contributed by atoms with Crippen molar-refractivity contribution in [2.24, 2.45) is 12.5 Å². The fraction of sp³-hybridized carbons (Fsp3) is 0.469. The number of ketones is 1. The summed E-state index contributed by atoms with van der Waals surface area (Å²) in [5, 5.41) is 9.00. The van der Waals surface area contributed by atoms with E-state index in [-0.39, 0.29) is 12.2 Å². The Kier molecular flexibility index (Phi) is 7.00. The SMILES string of the molecule is Cn1ncc(-c2ccc3cnc(CC(=O)c4ccnc(N5CC6(CCNCC6)C5)c4)nc3c2)c1CN1CCCCC1. The molecule has 212 valence electrons. The molecule has 0 unspecified atom stereocenters. The number of carbonyl (C=O) groups excluding carboxylic acids is 1. The summed E-state index contributed by atoms with van der Waals surface area (Å²) in [7, 11) is 2.02. The molecule has 0 bridgehead atoms. The van der Waals surface area contributed by atoms with Crippen LogP contribution in [0.1, 0.15) is 54.0 Å². The van der Waals surface area contributed by atoms with Crippen LogP contribution >= 0.6 is 0 Å². The van der Waals surface area contributed by atoms with Gasteiger partial charge in [0.2, 0.25) is 0 Å². The molecule has 1 aromatic carbocycles. The Morgan fingerprint density at radius 2 is 1.83 bits per heavy atom. The van der Waals surface area contributed by atoms with Crippen molar-refractivity contribution < 1.29 is 4.79 Å². The lowest BCUT2D eigenvalue weighted by Crippen LogP contribution is -2.60. The summed E-state index contributed by atoms with van der Waals surface area (Å²) >= 11 is 0. The number of likely N-dealkylation sites (tertiary alicyclic amines) is 1. The minimum Gasteiger partial charge on any atom is -0.355 e. The summed E-state index contributed by atoms with van der Waals surface area (Å²) in [5.74, 6) is 1.44. The van der Waals surface area contributed by atoms with Gasteiger partial charge in [-0.1, -0.05) is 18.6 Å². The highest BCUT2D eigenvalue weighted by atomic mass is 16.1. The van der Waals surface area contributed by atoms with Gasteiger partial charge in [0.1, 0.15) is 11.6 Å². The number of nitrogens with one attached hydrogen (secondary N) is 1. The van der Waals surface area contributed by atoms with E-state index in [1.807, 2.05) is 30.2 Å². The number of nitrogens with zero attached hydrogens (tertiary/aromatic N) is 7. The molecule has 4 aromatic rings. The summed E-state index contributed by atoms with van der Waals surface area (Å²) in [5.41, 5.74) is 5.37. The van der Waals surface area contributed by atoms with Gasteiger partial charge in [-0.25, -0.2) is 15.0 Å². The lowest BCUT2D eigenvalue weighted by Gasteiger charge is -2.53. The number of benzene rings is 1. The first-order valence-corrected chi connectivity index (χ1v) is 15.0. The number of hydrogen-bond acceptors (Lipinski definition) is 8. The van der Waals surface area contributed by atoms with Crippen molar-refractivity contribution >= 4 is 22.5 Å². The van der Waals surface area contributed by atoms with Crippen LogP contribution in [0, 0.1) is 5.41 Å². The number of anilines is 1. The molecule has 0 saturated carbocycles. The van der Waals surface area contributed by atoms with Crippen LogP contribution in [-0.4, -0.2) is 74.7 Å². The fourth-order valence-electron chi connectivity index (χ4n) is 6.74. The maximum Gasteiger partial charge on any atom is 0.170 e. The largest absolute Gasteiger partial charge is 0.355 e. The third-order valence-corrected chi connectivity index (χ3v) is 9.25. The normalized spacial score (nSPS) is 19.0. The monoisotopic (exact) mass is 550 g/mol. The highest BCUT2D eigenvalue weighted by molar-refractivity contribution is 5.98. The van der Waals surface area contributed by atoms with Crippen molar-refractivity contribution in [3.8, 4) is 11.1 Å². The third-order valence-electron chi connectivity index (χ3n) is 9.25. The summed E-state index contributed by atoms with van der Waals surface area (Å²) in [6.45, 7) is 7.41. The van der Waals surface area contributed by atoms with Crippen molar-refractivity contribution in [2.45, 2.75) is 45.1 Å². The van der Waals surface area contributed by atoms with Gasteiger partial charge in [-0.3, -0.25) is 14.4 Å². The molecule has 1 spiro atoms. The minimum atomic E-state index is 0.0114. The number of rotatable bonds is 7. The van der Waals surface area contributed by atoms with Crippen LogP contribution in [0.4, 0.5) is 5.82 Å². The van der Waals surface area contributed by atoms with Crippen molar-refractivity contribution in [1.82, 2.24) is 34.9 Å². The van der Waals surface area contributed by atoms with E-state index < -0.39 is 0 Å². The number of aryl methyl sites for hydroxylation is 1. The number of Topliss-reactive ketones (excluding diaryl/α,β-unsaturated/α-hetero) is 1. The van der Waals surface area contributed by atoms with E-state index in [9.17, 15) is 4.79 Å². The molecule has 0 amide bonds. The molecule has 9 heteroatoms. The number of aromatic nitrogens is 5. The molecule has 6 heterocycles. The highest BCUT2D eigenvalue weighted by Crippen LogP contribution is 2.40. The number of carbonyl (C=O) groups is 1. The molecular formula is C32H38N8O. The zero-order chi connectivity index (χ0) is 27.8. The molecule has 41 heavy (non-hydrogen) atoms. The van der Waals surface area contributed by atoms with Gasteiger partial charge in [0.25, 0.3) is 0 Å². The molecule has 3 aliphatic heterocycles. The van der Waals surface area contributed by atoms with E-state index in [2.05, 4.69) is 48.4 Å². The summed E-state index contributed by atoms with van der Waals surface area (Å²) < 4.78 is 1.99. The molecule has 0 aliphatic carbocycles. The zero-order valence-corrected chi connectivity index (χ0v) is 23.8. The van der Waals surface area contributed by atoms with Gasteiger partial charge < -0.3 is 10.2 Å². The number of piperidine rings is 2.